The molecule has 0 unspecified atom stereocenters. The fourth-order valence-corrected chi connectivity index (χ4v) is 1.78. The highest BCUT2D eigenvalue weighted by Crippen LogP contribution is 2.32. The van der Waals surface area contributed by atoms with Gasteiger partial charge < -0.3 is 9.73 Å². The van der Waals surface area contributed by atoms with Crippen LogP contribution < -0.4 is 5.32 Å². The largest absolute Gasteiger partial charge is 0.452 e. The van der Waals surface area contributed by atoms with Gasteiger partial charge in [0.2, 0.25) is 5.22 Å². The van der Waals surface area contributed by atoms with Crippen LogP contribution in [-0.2, 0) is 6.18 Å². The number of furan rings is 1. The van der Waals surface area contributed by atoms with Crippen LogP contribution in [0.15, 0.2) is 34.9 Å². The van der Waals surface area contributed by atoms with Crippen LogP contribution in [0.4, 0.5) is 18.9 Å². The van der Waals surface area contributed by atoms with E-state index in [0.29, 0.717) is 5.56 Å². The quantitative estimate of drug-likeness (QED) is 0.886. The van der Waals surface area contributed by atoms with Gasteiger partial charge in [0.05, 0.1) is 17.4 Å². The minimum atomic E-state index is -4.47. The lowest BCUT2D eigenvalue weighted by molar-refractivity contribution is -0.137. The van der Waals surface area contributed by atoms with Crippen molar-refractivity contribution in [3.05, 3.63) is 52.4 Å². The van der Waals surface area contributed by atoms with Crippen LogP contribution in [0.5, 0.6) is 0 Å². The molecule has 1 aromatic heterocycles. The van der Waals surface area contributed by atoms with Crippen LogP contribution in [0.2, 0.25) is 5.22 Å². The Balaban J connectivity index is 2.30. The molecule has 2 rings (SSSR count). The predicted molar refractivity (Wildman–Crippen MR) is 67.9 cm³/mol. The molecule has 20 heavy (non-hydrogen) atoms. The number of anilines is 1. The first-order chi connectivity index (χ1) is 9.29. The summed E-state index contributed by atoms with van der Waals surface area (Å²) in [5, 5.41) is 2.26. The second kappa shape index (κ2) is 5.20. The summed E-state index contributed by atoms with van der Waals surface area (Å²) >= 11 is 5.64. The number of aryl methyl sites for hydroxylation is 1. The summed E-state index contributed by atoms with van der Waals surface area (Å²) in [5.74, 6) is -0.633. The van der Waals surface area contributed by atoms with Crippen molar-refractivity contribution in [2.24, 2.45) is 0 Å². The normalized spacial score (nSPS) is 11.4. The number of halogens is 4. The van der Waals surface area contributed by atoms with E-state index in [0.717, 1.165) is 12.1 Å². The SMILES string of the molecule is Cc1ccc(C(F)(F)F)cc1NC(=O)c1ccoc1Cl. The summed E-state index contributed by atoms with van der Waals surface area (Å²) in [6.07, 6.45) is -3.25. The predicted octanol–water partition coefficient (Wildman–Crippen LogP) is 4.51. The molecular weight excluding hydrogens is 295 g/mol. The maximum Gasteiger partial charge on any atom is 0.416 e. The minimum Gasteiger partial charge on any atom is -0.452 e. The van der Waals surface area contributed by atoms with Crippen molar-refractivity contribution < 1.29 is 22.4 Å². The van der Waals surface area contributed by atoms with Crippen molar-refractivity contribution in [3.8, 4) is 0 Å². The average molecular weight is 304 g/mol. The number of hydrogen-bond acceptors (Lipinski definition) is 2. The first-order valence-corrected chi connectivity index (χ1v) is 5.89. The maximum absolute atomic E-state index is 12.6. The van der Waals surface area contributed by atoms with E-state index in [-0.39, 0.29) is 16.5 Å². The van der Waals surface area contributed by atoms with E-state index in [2.05, 4.69) is 5.32 Å². The molecule has 0 bridgehead atoms. The Kier molecular flexibility index (Phi) is 3.76. The third-order valence-corrected chi connectivity index (χ3v) is 2.97. The molecule has 0 aliphatic carbocycles. The molecule has 106 valence electrons. The third kappa shape index (κ3) is 2.96. The molecule has 1 aromatic carbocycles. The number of carbonyl (C=O) groups excluding carboxylic acids is 1. The lowest BCUT2D eigenvalue weighted by Gasteiger charge is -2.12. The number of rotatable bonds is 2. The zero-order valence-corrected chi connectivity index (χ0v) is 11.0. The highest BCUT2D eigenvalue weighted by atomic mass is 35.5. The monoisotopic (exact) mass is 303 g/mol. The standard InChI is InChI=1S/C13H9ClF3NO2/c1-7-2-3-8(13(15,16)17)6-10(7)18-12(19)9-4-5-20-11(9)14/h2-6H,1H3,(H,18,19). The maximum atomic E-state index is 12.6. The topological polar surface area (TPSA) is 42.2 Å². The van der Waals surface area contributed by atoms with Crippen LogP contribution in [0.3, 0.4) is 0 Å². The van der Waals surface area contributed by atoms with E-state index in [1.54, 1.807) is 6.92 Å². The van der Waals surface area contributed by atoms with Gasteiger partial charge in [-0.1, -0.05) is 6.07 Å². The molecule has 0 radical (unpaired) electrons. The first kappa shape index (κ1) is 14.5. The van der Waals surface area contributed by atoms with Crippen molar-refractivity contribution in [3.63, 3.8) is 0 Å². The fourth-order valence-electron chi connectivity index (χ4n) is 1.58. The van der Waals surface area contributed by atoms with E-state index < -0.39 is 17.6 Å². The van der Waals surface area contributed by atoms with Crippen molar-refractivity contribution in [2.45, 2.75) is 13.1 Å². The summed E-state index contributed by atoms with van der Waals surface area (Å²) < 4.78 is 42.6. The summed E-state index contributed by atoms with van der Waals surface area (Å²) in [5.41, 5.74) is -0.201. The summed E-state index contributed by atoms with van der Waals surface area (Å²) in [6, 6.07) is 4.45. The van der Waals surface area contributed by atoms with Gasteiger partial charge in [0, 0.05) is 5.69 Å². The third-order valence-electron chi connectivity index (χ3n) is 2.68. The van der Waals surface area contributed by atoms with Gasteiger partial charge in [-0.15, -0.1) is 0 Å². The van der Waals surface area contributed by atoms with E-state index >= 15 is 0 Å². The summed E-state index contributed by atoms with van der Waals surface area (Å²) in [7, 11) is 0. The van der Waals surface area contributed by atoms with Crippen molar-refractivity contribution in [1.29, 1.82) is 0 Å². The van der Waals surface area contributed by atoms with Crippen LogP contribution in [0.1, 0.15) is 21.5 Å². The van der Waals surface area contributed by atoms with Gasteiger partial charge >= 0.3 is 6.18 Å². The molecule has 0 saturated carbocycles. The molecule has 3 nitrogen and oxygen atoms in total. The van der Waals surface area contributed by atoms with Crippen LogP contribution in [0, 0.1) is 6.92 Å². The summed E-state index contributed by atoms with van der Waals surface area (Å²) in [6.45, 7) is 1.59. The van der Waals surface area contributed by atoms with Gasteiger partial charge in [-0.2, -0.15) is 13.2 Å². The molecular formula is C13H9ClF3NO2. The van der Waals surface area contributed by atoms with E-state index in [1.165, 1.54) is 18.4 Å². The van der Waals surface area contributed by atoms with Gasteiger partial charge in [-0.05, 0) is 42.3 Å². The van der Waals surface area contributed by atoms with Gasteiger partial charge in [-0.3, -0.25) is 4.79 Å². The molecule has 0 fully saturated rings. The fraction of sp³-hybridized carbons (Fsp3) is 0.154. The molecule has 0 aliphatic rings. The Morgan fingerprint density at radius 1 is 1.30 bits per heavy atom. The minimum absolute atomic E-state index is 0.0588. The number of carbonyl (C=O) groups is 1. The van der Waals surface area contributed by atoms with E-state index in [4.69, 9.17) is 16.0 Å². The van der Waals surface area contributed by atoms with Gasteiger partial charge in [-0.25, -0.2) is 0 Å². The Labute approximate surface area is 117 Å². The zero-order chi connectivity index (χ0) is 14.9. The van der Waals surface area contributed by atoms with Crippen LogP contribution in [0.25, 0.3) is 0 Å². The second-order valence-corrected chi connectivity index (χ2v) is 4.43. The summed E-state index contributed by atoms with van der Waals surface area (Å²) in [4.78, 5) is 11.9. The highest BCUT2D eigenvalue weighted by molar-refractivity contribution is 6.32. The van der Waals surface area contributed by atoms with E-state index in [9.17, 15) is 18.0 Å². The molecule has 1 heterocycles. The van der Waals surface area contributed by atoms with Gasteiger partial charge in [0.25, 0.3) is 5.91 Å². The molecule has 7 heteroatoms. The Hall–Kier alpha value is -1.95. The van der Waals surface area contributed by atoms with Crippen molar-refractivity contribution >= 4 is 23.2 Å². The second-order valence-electron chi connectivity index (χ2n) is 4.09. The molecule has 0 spiro atoms. The zero-order valence-electron chi connectivity index (χ0n) is 10.2. The Morgan fingerprint density at radius 2 is 2.00 bits per heavy atom. The lowest BCUT2D eigenvalue weighted by atomic mass is 10.1. The smallest absolute Gasteiger partial charge is 0.416 e. The number of alkyl halides is 3. The Morgan fingerprint density at radius 3 is 2.55 bits per heavy atom. The average Bonchev–Trinajstić information content (AvgIpc) is 2.77. The van der Waals surface area contributed by atoms with E-state index in [1.807, 2.05) is 0 Å². The first-order valence-electron chi connectivity index (χ1n) is 5.51. The Bertz CT molecular complexity index is 649. The van der Waals surface area contributed by atoms with Gasteiger partial charge in [0.1, 0.15) is 0 Å². The van der Waals surface area contributed by atoms with Crippen LogP contribution in [-0.4, -0.2) is 5.91 Å². The number of benzene rings is 1. The highest BCUT2D eigenvalue weighted by Gasteiger charge is 2.31. The molecule has 0 saturated heterocycles. The van der Waals surface area contributed by atoms with Gasteiger partial charge in [0.15, 0.2) is 0 Å². The molecule has 1 amide bonds. The number of hydrogen-bond donors (Lipinski definition) is 1. The van der Waals surface area contributed by atoms with Crippen molar-refractivity contribution in [1.82, 2.24) is 0 Å². The lowest BCUT2D eigenvalue weighted by Crippen LogP contribution is -2.14. The van der Waals surface area contributed by atoms with Crippen molar-refractivity contribution in [2.75, 3.05) is 5.32 Å². The molecule has 2 aromatic rings. The molecule has 0 aliphatic heterocycles. The van der Waals surface area contributed by atoms with Crippen LogP contribution >= 0.6 is 11.6 Å². The molecule has 0 atom stereocenters. The molecule has 1 N–H and O–H groups in total. The number of nitrogens with one attached hydrogen (secondary N) is 1. The number of amides is 1.